The van der Waals surface area contributed by atoms with Crippen LogP contribution in [0.3, 0.4) is 0 Å². The molecule has 1 aromatic rings. The van der Waals surface area contributed by atoms with Crippen molar-refractivity contribution in [1.82, 2.24) is 0 Å². The molecule has 0 saturated carbocycles. The molecule has 0 aromatic heterocycles. The first-order valence-electron chi connectivity index (χ1n) is 4.21. The Balaban J connectivity index is 2.33. The van der Waals surface area contributed by atoms with Gasteiger partial charge in [0.15, 0.2) is 0 Å². The van der Waals surface area contributed by atoms with Gasteiger partial charge in [-0.05, 0) is 30.5 Å². The zero-order chi connectivity index (χ0) is 9.68. The molecule has 13 heavy (non-hydrogen) atoms. The Hall–Kier alpha value is -0.440. The molecule has 0 spiro atoms. The summed E-state index contributed by atoms with van der Waals surface area (Å²) < 4.78 is 24.6. The second kappa shape index (κ2) is 5.32. The smallest absolute Gasteiger partial charge is 0.211 e. The van der Waals surface area contributed by atoms with Crippen LogP contribution in [0, 0.1) is 0 Å². The van der Waals surface area contributed by atoms with E-state index in [1.807, 2.05) is 24.3 Å². The van der Waals surface area contributed by atoms with Gasteiger partial charge in [0.25, 0.3) is 0 Å². The summed E-state index contributed by atoms with van der Waals surface area (Å²) in [4.78, 5) is 0. The van der Waals surface area contributed by atoms with Crippen LogP contribution in [0.25, 0.3) is 0 Å². The van der Waals surface area contributed by atoms with Crippen LogP contribution in [0.4, 0.5) is 8.78 Å². The molecule has 0 amide bonds. The topological polar surface area (TPSA) is 0 Å². The van der Waals surface area contributed by atoms with E-state index >= 15 is 0 Å². The average molecular weight is 249 g/mol. The van der Waals surface area contributed by atoms with Crippen molar-refractivity contribution in [2.45, 2.75) is 25.7 Å². The maximum absolute atomic E-state index is 11.8. The van der Waals surface area contributed by atoms with Gasteiger partial charge in [-0.1, -0.05) is 28.1 Å². The van der Waals surface area contributed by atoms with Crippen molar-refractivity contribution in [3.05, 3.63) is 34.3 Å². The van der Waals surface area contributed by atoms with E-state index in [1.54, 1.807) is 0 Å². The Morgan fingerprint density at radius 3 is 2.31 bits per heavy atom. The first kappa shape index (κ1) is 10.6. The largest absolute Gasteiger partial charge is 0.238 e. The van der Waals surface area contributed by atoms with Gasteiger partial charge in [0.05, 0.1) is 0 Å². The molecular formula is C10H11BrF2. The Kier molecular flexibility index (Phi) is 4.36. The lowest BCUT2D eigenvalue weighted by Gasteiger charge is -2.00. The fourth-order valence-corrected chi connectivity index (χ4v) is 1.38. The molecule has 0 unspecified atom stereocenters. The summed E-state index contributed by atoms with van der Waals surface area (Å²) in [5.74, 6) is 0. The molecule has 0 saturated heterocycles. The van der Waals surface area contributed by atoms with Gasteiger partial charge in [-0.2, -0.15) is 0 Å². The normalized spacial score (nSPS) is 10.8. The van der Waals surface area contributed by atoms with Crippen molar-refractivity contribution in [1.29, 1.82) is 0 Å². The van der Waals surface area contributed by atoms with Gasteiger partial charge in [0.2, 0.25) is 6.43 Å². The van der Waals surface area contributed by atoms with Crippen molar-refractivity contribution in [3.63, 3.8) is 0 Å². The number of hydrogen-bond acceptors (Lipinski definition) is 0. The second-order valence-corrected chi connectivity index (χ2v) is 3.83. The minimum atomic E-state index is -2.17. The first-order chi connectivity index (χ1) is 6.18. The van der Waals surface area contributed by atoms with E-state index in [1.165, 1.54) is 0 Å². The van der Waals surface area contributed by atoms with Gasteiger partial charge in [-0.15, -0.1) is 0 Å². The third kappa shape index (κ3) is 4.36. The Bertz CT molecular complexity index is 244. The van der Waals surface area contributed by atoms with Gasteiger partial charge in [0, 0.05) is 10.9 Å². The van der Waals surface area contributed by atoms with Crippen LogP contribution in [0.2, 0.25) is 0 Å². The molecule has 72 valence electrons. The summed E-state index contributed by atoms with van der Waals surface area (Å²) in [6.07, 6.45) is -0.886. The summed E-state index contributed by atoms with van der Waals surface area (Å²) in [5, 5.41) is 0. The minimum absolute atomic E-state index is 0.00390. The lowest BCUT2D eigenvalue weighted by Crippen LogP contribution is -1.92. The molecule has 0 N–H and O–H groups in total. The van der Waals surface area contributed by atoms with E-state index in [0.717, 1.165) is 16.5 Å². The molecule has 0 heterocycles. The number of aryl methyl sites for hydroxylation is 1. The van der Waals surface area contributed by atoms with Gasteiger partial charge in [-0.3, -0.25) is 0 Å². The van der Waals surface area contributed by atoms with Crippen LogP contribution in [0.5, 0.6) is 0 Å². The van der Waals surface area contributed by atoms with Gasteiger partial charge in [-0.25, -0.2) is 8.78 Å². The molecule has 1 aromatic carbocycles. The standard InChI is InChI=1S/C10H11BrF2/c11-9-6-4-8(5-7-9)2-1-3-10(12)13/h4-7,10H,1-3H2. The summed E-state index contributed by atoms with van der Waals surface area (Å²) >= 11 is 3.32. The number of benzene rings is 1. The third-order valence-corrected chi connectivity index (χ3v) is 2.33. The number of rotatable bonds is 4. The third-order valence-electron chi connectivity index (χ3n) is 1.80. The van der Waals surface area contributed by atoms with Gasteiger partial charge in [0.1, 0.15) is 0 Å². The second-order valence-electron chi connectivity index (χ2n) is 2.91. The van der Waals surface area contributed by atoms with E-state index < -0.39 is 6.43 Å². The Morgan fingerprint density at radius 1 is 1.15 bits per heavy atom. The highest BCUT2D eigenvalue weighted by molar-refractivity contribution is 9.10. The molecule has 1 rings (SSSR count). The molecule has 0 aliphatic heterocycles. The van der Waals surface area contributed by atoms with Crippen molar-refractivity contribution in [3.8, 4) is 0 Å². The van der Waals surface area contributed by atoms with E-state index in [2.05, 4.69) is 15.9 Å². The molecule has 0 fully saturated rings. The lowest BCUT2D eigenvalue weighted by atomic mass is 10.1. The molecule has 0 nitrogen and oxygen atoms in total. The average Bonchev–Trinajstić information content (AvgIpc) is 2.08. The highest BCUT2D eigenvalue weighted by Crippen LogP contribution is 2.13. The molecule has 3 heteroatoms. The SMILES string of the molecule is FC(F)CCCc1ccc(Br)cc1. The number of halogens is 3. The predicted molar refractivity (Wildman–Crippen MR) is 53.1 cm³/mol. The van der Waals surface area contributed by atoms with Crippen LogP contribution < -0.4 is 0 Å². The van der Waals surface area contributed by atoms with E-state index in [-0.39, 0.29) is 6.42 Å². The minimum Gasteiger partial charge on any atom is -0.211 e. The molecule has 0 radical (unpaired) electrons. The summed E-state index contributed by atoms with van der Waals surface area (Å²) in [6.45, 7) is 0. The van der Waals surface area contributed by atoms with Gasteiger partial charge < -0.3 is 0 Å². The highest BCUT2D eigenvalue weighted by atomic mass is 79.9. The Morgan fingerprint density at radius 2 is 1.77 bits per heavy atom. The molecule has 0 bridgehead atoms. The monoisotopic (exact) mass is 248 g/mol. The van der Waals surface area contributed by atoms with E-state index in [0.29, 0.717) is 6.42 Å². The maximum Gasteiger partial charge on any atom is 0.238 e. The van der Waals surface area contributed by atoms with E-state index in [9.17, 15) is 8.78 Å². The molecule has 0 aliphatic rings. The van der Waals surface area contributed by atoms with Crippen molar-refractivity contribution < 1.29 is 8.78 Å². The maximum atomic E-state index is 11.8. The molecule has 0 aliphatic carbocycles. The van der Waals surface area contributed by atoms with Crippen molar-refractivity contribution in [2.75, 3.05) is 0 Å². The fourth-order valence-electron chi connectivity index (χ4n) is 1.11. The number of alkyl halides is 2. The van der Waals surface area contributed by atoms with Gasteiger partial charge >= 0.3 is 0 Å². The van der Waals surface area contributed by atoms with Crippen LogP contribution in [-0.4, -0.2) is 6.43 Å². The van der Waals surface area contributed by atoms with Crippen LogP contribution in [-0.2, 0) is 6.42 Å². The molecular weight excluding hydrogens is 238 g/mol. The first-order valence-corrected chi connectivity index (χ1v) is 5.00. The van der Waals surface area contributed by atoms with Crippen LogP contribution in [0.15, 0.2) is 28.7 Å². The van der Waals surface area contributed by atoms with E-state index in [4.69, 9.17) is 0 Å². The van der Waals surface area contributed by atoms with Crippen molar-refractivity contribution >= 4 is 15.9 Å². The summed E-state index contributed by atoms with van der Waals surface area (Å²) in [5.41, 5.74) is 1.11. The zero-order valence-corrected chi connectivity index (χ0v) is 8.73. The van der Waals surface area contributed by atoms with Crippen molar-refractivity contribution in [2.24, 2.45) is 0 Å². The Labute approximate surface area is 85.1 Å². The number of hydrogen-bond donors (Lipinski definition) is 0. The van der Waals surface area contributed by atoms with Crippen LogP contribution in [0.1, 0.15) is 18.4 Å². The predicted octanol–water partition coefficient (Wildman–Crippen LogP) is 4.04. The molecule has 0 atom stereocenters. The zero-order valence-electron chi connectivity index (χ0n) is 7.14. The summed E-state index contributed by atoms with van der Waals surface area (Å²) in [7, 11) is 0. The fraction of sp³-hybridized carbons (Fsp3) is 0.400. The highest BCUT2D eigenvalue weighted by Gasteiger charge is 2.01. The van der Waals surface area contributed by atoms with Crippen LogP contribution >= 0.6 is 15.9 Å². The quantitative estimate of drug-likeness (QED) is 0.755. The lowest BCUT2D eigenvalue weighted by molar-refractivity contribution is 0.135. The summed E-state index contributed by atoms with van der Waals surface area (Å²) in [6, 6.07) is 7.76.